The molecule has 1 aliphatic carbocycles. The Labute approximate surface area is 130 Å². The summed E-state index contributed by atoms with van der Waals surface area (Å²) in [6, 6.07) is 8.42. The maximum Gasteiger partial charge on any atom is 0.242 e. The van der Waals surface area contributed by atoms with Crippen LogP contribution in [0.3, 0.4) is 0 Å². The maximum atomic E-state index is 12.2. The minimum absolute atomic E-state index is 0.0275. The van der Waals surface area contributed by atoms with E-state index in [0.717, 1.165) is 24.8 Å². The van der Waals surface area contributed by atoms with Crippen LogP contribution in [0.25, 0.3) is 0 Å². The van der Waals surface area contributed by atoms with E-state index in [4.69, 9.17) is 5.11 Å². The summed E-state index contributed by atoms with van der Waals surface area (Å²) in [6.07, 6.45) is 7.25. The predicted octanol–water partition coefficient (Wildman–Crippen LogP) is 1.61. The topological polar surface area (TPSA) is 67.2 Å². The average Bonchev–Trinajstić information content (AvgIpc) is 2.95. The summed E-state index contributed by atoms with van der Waals surface area (Å²) in [7, 11) is 0. The summed E-state index contributed by atoms with van der Waals surface area (Å²) >= 11 is 0. The van der Waals surface area contributed by atoms with Gasteiger partial charge in [-0.1, -0.05) is 24.3 Å². The molecule has 0 saturated carbocycles. The van der Waals surface area contributed by atoms with Crippen LogP contribution in [0.2, 0.25) is 0 Å². The van der Waals surface area contributed by atoms with E-state index in [-0.39, 0.29) is 25.1 Å². The molecule has 1 unspecified atom stereocenters. The molecule has 22 heavy (non-hydrogen) atoms. The summed E-state index contributed by atoms with van der Waals surface area (Å²) < 4.78 is 1.62. The summed E-state index contributed by atoms with van der Waals surface area (Å²) in [5.74, 6) is -0.0275. The number of nitrogens with zero attached hydrogens (tertiary/aromatic N) is 2. The Morgan fingerprint density at radius 1 is 1.41 bits per heavy atom. The molecule has 1 atom stereocenters. The van der Waals surface area contributed by atoms with Crippen molar-refractivity contribution in [3.8, 4) is 0 Å². The molecule has 1 amide bonds. The third-order valence-electron chi connectivity index (χ3n) is 4.10. The molecule has 5 heteroatoms. The van der Waals surface area contributed by atoms with Gasteiger partial charge in [0.25, 0.3) is 0 Å². The lowest BCUT2D eigenvalue weighted by Gasteiger charge is -2.26. The van der Waals surface area contributed by atoms with E-state index < -0.39 is 0 Å². The fraction of sp³-hybridized carbons (Fsp3) is 0.412. The number of aliphatic hydroxyl groups is 1. The van der Waals surface area contributed by atoms with Crippen molar-refractivity contribution in [2.45, 2.75) is 38.3 Å². The van der Waals surface area contributed by atoms with Crippen molar-refractivity contribution >= 4 is 5.91 Å². The highest BCUT2D eigenvalue weighted by Gasteiger charge is 2.21. The summed E-state index contributed by atoms with van der Waals surface area (Å²) in [5, 5.41) is 16.2. The number of aliphatic hydroxyl groups excluding tert-OH is 1. The van der Waals surface area contributed by atoms with E-state index >= 15 is 0 Å². The first kappa shape index (κ1) is 14.8. The van der Waals surface area contributed by atoms with Crippen LogP contribution >= 0.6 is 0 Å². The summed E-state index contributed by atoms with van der Waals surface area (Å²) in [4.78, 5) is 12.2. The fourth-order valence-electron chi connectivity index (χ4n) is 3.04. The molecule has 0 aliphatic heterocycles. The van der Waals surface area contributed by atoms with Gasteiger partial charge in [-0.15, -0.1) is 0 Å². The zero-order valence-corrected chi connectivity index (χ0v) is 12.5. The highest BCUT2D eigenvalue weighted by molar-refractivity contribution is 5.76. The van der Waals surface area contributed by atoms with Gasteiger partial charge >= 0.3 is 0 Å². The standard InChI is InChI=1S/C17H21N3O2/c21-9-8-13-10-18-20(11-13)12-17(22)19-16-7-3-5-14-4-1-2-6-15(14)16/h1-2,4,6,10-11,16,21H,3,5,7-9,12H2,(H,19,22). The number of hydrogen-bond acceptors (Lipinski definition) is 3. The lowest BCUT2D eigenvalue weighted by Crippen LogP contribution is -2.33. The lowest BCUT2D eigenvalue weighted by molar-refractivity contribution is -0.122. The Balaban J connectivity index is 1.62. The molecule has 0 saturated heterocycles. The third-order valence-corrected chi connectivity index (χ3v) is 4.10. The highest BCUT2D eigenvalue weighted by Crippen LogP contribution is 2.29. The third kappa shape index (κ3) is 3.36. The first-order chi connectivity index (χ1) is 10.8. The van der Waals surface area contributed by atoms with E-state index in [9.17, 15) is 4.79 Å². The first-order valence-corrected chi connectivity index (χ1v) is 7.75. The van der Waals surface area contributed by atoms with Gasteiger partial charge in [-0.05, 0) is 42.4 Å². The number of amides is 1. The highest BCUT2D eigenvalue weighted by atomic mass is 16.3. The predicted molar refractivity (Wildman–Crippen MR) is 83.3 cm³/mol. The van der Waals surface area contributed by atoms with Crippen LogP contribution in [0.4, 0.5) is 0 Å². The molecule has 0 spiro atoms. The van der Waals surface area contributed by atoms with Crippen molar-refractivity contribution in [1.82, 2.24) is 15.1 Å². The second-order valence-corrected chi connectivity index (χ2v) is 5.73. The minimum Gasteiger partial charge on any atom is -0.396 e. The van der Waals surface area contributed by atoms with E-state index in [1.807, 2.05) is 12.3 Å². The van der Waals surface area contributed by atoms with Crippen molar-refractivity contribution in [1.29, 1.82) is 0 Å². The molecule has 0 bridgehead atoms. The van der Waals surface area contributed by atoms with Crippen molar-refractivity contribution in [2.75, 3.05) is 6.61 Å². The number of aromatic nitrogens is 2. The van der Waals surface area contributed by atoms with Crippen LogP contribution in [0.1, 0.15) is 35.6 Å². The molecular formula is C17H21N3O2. The van der Waals surface area contributed by atoms with E-state index in [2.05, 4.69) is 28.6 Å². The number of aryl methyl sites for hydroxylation is 1. The second-order valence-electron chi connectivity index (χ2n) is 5.73. The van der Waals surface area contributed by atoms with Gasteiger partial charge in [0.15, 0.2) is 0 Å². The lowest BCUT2D eigenvalue weighted by atomic mass is 9.88. The molecule has 116 valence electrons. The zero-order valence-electron chi connectivity index (χ0n) is 12.5. The second kappa shape index (κ2) is 6.75. The van der Waals surface area contributed by atoms with Crippen LogP contribution in [0.15, 0.2) is 36.7 Å². The molecule has 3 rings (SSSR count). The van der Waals surface area contributed by atoms with Gasteiger partial charge in [0.1, 0.15) is 6.54 Å². The monoisotopic (exact) mass is 299 g/mol. The number of carbonyl (C=O) groups is 1. The quantitative estimate of drug-likeness (QED) is 0.881. The Kier molecular flexibility index (Phi) is 4.53. The molecule has 2 N–H and O–H groups in total. The molecule has 5 nitrogen and oxygen atoms in total. The van der Waals surface area contributed by atoms with E-state index in [1.54, 1.807) is 10.9 Å². The Bertz CT molecular complexity index is 651. The zero-order chi connectivity index (χ0) is 15.4. The van der Waals surface area contributed by atoms with Crippen molar-refractivity contribution in [2.24, 2.45) is 0 Å². The fourth-order valence-corrected chi connectivity index (χ4v) is 3.04. The molecule has 1 aromatic carbocycles. The van der Waals surface area contributed by atoms with Gasteiger partial charge in [-0.2, -0.15) is 5.10 Å². The number of nitrogens with one attached hydrogen (secondary N) is 1. The van der Waals surface area contributed by atoms with Gasteiger partial charge < -0.3 is 10.4 Å². The van der Waals surface area contributed by atoms with Crippen LogP contribution in [0, 0.1) is 0 Å². The van der Waals surface area contributed by atoms with Crippen LogP contribution < -0.4 is 5.32 Å². The Hall–Kier alpha value is -2.14. The summed E-state index contributed by atoms with van der Waals surface area (Å²) in [5.41, 5.74) is 3.52. The molecule has 1 aromatic heterocycles. The molecule has 2 aromatic rings. The molecular weight excluding hydrogens is 278 g/mol. The van der Waals surface area contributed by atoms with Gasteiger partial charge in [-0.25, -0.2) is 0 Å². The maximum absolute atomic E-state index is 12.2. The molecule has 1 heterocycles. The van der Waals surface area contributed by atoms with Crippen LogP contribution in [0.5, 0.6) is 0 Å². The number of rotatable bonds is 5. The Morgan fingerprint density at radius 2 is 2.27 bits per heavy atom. The van der Waals surface area contributed by atoms with Crippen molar-refractivity contribution in [3.05, 3.63) is 53.3 Å². The van der Waals surface area contributed by atoms with Crippen LogP contribution in [-0.4, -0.2) is 27.4 Å². The normalized spacial score (nSPS) is 17.0. The largest absolute Gasteiger partial charge is 0.396 e. The van der Waals surface area contributed by atoms with Gasteiger partial charge in [0.05, 0.1) is 12.2 Å². The smallest absolute Gasteiger partial charge is 0.242 e. The van der Waals surface area contributed by atoms with Gasteiger partial charge in [0.2, 0.25) is 5.91 Å². The minimum atomic E-state index is -0.0275. The van der Waals surface area contributed by atoms with Crippen LogP contribution in [-0.2, 0) is 24.2 Å². The first-order valence-electron chi connectivity index (χ1n) is 7.75. The molecule has 1 aliphatic rings. The summed E-state index contributed by atoms with van der Waals surface area (Å²) in [6.45, 7) is 0.306. The van der Waals surface area contributed by atoms with Gasteiger partial charge in [0, 0.05) is 12.8 Å². The van der Waals surface area contributed by atoms with Gasteiger partial charge in [-0.3, -0.25) is 9.48 Å². The van der Waals surface area contributed by atoms with Crippen molar-refractivity contribution < 1.29 is 9.90 Å². The molecule has 0 radical (unpaired) electrons. The number of fused-ring (bicyclic) bond motifs is 1. The van der Waals surface area contributed by atoms with E-state index in [1.165, 1.54) is 11.1 Å². The van der Waals surface area contributed by atoms with E-state index in [0.29, 0.717) is 6.42 Å². The average molecular weight is 299 g/mol. The number of carbonyl (C=O) groups excluding carboxylic acids is 1. The van der Waals surface area contributed by atoms with Crippen molar-refractivity contribution in [3.63, 3.8) is 0 Å². The number of benzene rings is 1. The Morgan fingerprint density at radius 3 is 3.14 bits per heavy atom. The molecule has 0 fully saturated rings. The number of hydrogen-bond donors (Lipinski definition) is 2. The SMILES string of the molecule is O=C(Cn1cc(CCO)cn1)NC1CCCc2ccccc21.